The van der Waals surface area contributed by atoms with Crippen LogP contribution in [0.3, 0.4) is 0 Å². The molecule has 0 spiro atoms. The second kappa shape index (κ2) is 8.61. The zero-order valence-electron chi connectivity index (χ0n) is 17.6. The maximum absolute atomic E-state index is 13.1. The van der Waals surface area contributed by atoms with E-state index < -0.39 is 0 Å². The Labute approximate surface area is 183 Å². The van der Waals surface area contributed by atoms with Crippen LogP contribution in [0.4, 0.5) is 0 Å². The number of methoxy groups -OCH3 is 3. The van der Waals surface area contributed by atoms with Crippen molar-refractivity contribution in [3.05, 3.63) is 64.4 Å². The van der Waals surface area contributed by atoms with E-state index in [4.69, 9.17) is 19.2 Å². The number of hydrogen-bond donors (Lipinski definition) is 0. The van der Waals surface area contributed by atoms with E-state index in [1.54, 1.807) is 27.4 Å². The molecule has 4 aromatic rings. The number of carbonyl (C=O) groups is 1. The lowest BCUT2D eigenvalue weighted by Crippen LogP contribution is -2.13. The summed E-state index contributed by atoms with van der Waals surface area (Å²) in [6.07, 6.45) is 1.86. The maximum Gasteiger partial charge on any atom is 0.280 e. The predicted octanol–water partition coefficient (Wildman–Crippen LogP) is 4.07. The number of rotatable bonds is 5. The topological polar surface area (TPSA) is 74.9 Å². The molecule has 158 valence electrons. The summed E-state index contributed by atoms with van der Waals surface area (Å²) in [6.45, 7) is 0. The maximum atomic E-state index is 13.1. The van der Waals surface area contributed by atoms with Gasteiger partial charge >= 0.3 is 0 Å². The third kappa shape index (κ3) is 3.89. The molecule has 31 heavy (non-hydrogen) atoms. The van der Waals surface area contributed by atoms with Gasteiger partial charge in [0.25, 0.3) is 5.91 Å². The number of carbonyl (C=O) groups excluding carboxylic acids is 1. The number of amides is 1. The summed E-state index contributed by atoms with van der Waals surface area (Å²) in [5.74, 6) is 1.18. The fourth-order valence-electron chi connectivity index (χ4n) is 3.31. The SMILES string of the molecule is COc1cc(-c2cc(C(=O)N=c3sccn3C)c3ccccc3n2)cc(OC)c1OC. The molecule has 4 rings (SSSR count). The van der Waals surface area contributed by atoms with Gasteiger partial charge in [-0.3, -0.25) is 4.79 Å². The third-order valence-corrected chi connectivity index (χ3v) is 5.71. The average Bonchev–Trinajstić information content (AvgIpc) is 3.21. The van der Waals surface area contributed by atoms with Gasteiger partial charge in [0, 0.05) is 29.6 Å². The van der Waals surface area contributed by atoms with Gasteiger partial charge in [-0.25, -0.2) is 4.98 Å². The first kappa shape index (κ1) is 20.6. The number of hydrogen-bond acceptors (Lipinski definition) is 6. The number of thiazole rings is 1. The number of nitrogens with zero attached hydrogens (tertiary/aromatic N) is 3. The van der Waals surface area contributed by atoms with Gasteiger partial charge in [0.2, 0.25) is 5.75 Å². The lowest BCUT2D eigenvalue weighted by molar-refractivity contribution is 0.0999. The van der Waals surface area contributed by atoms with Crippen LogP contribution in [-0.4, -0.2) is 36.8 Å². The summed E-state index contributed by atoms with van der Waals surface area (Å²) in [5.41, 5.74) is 2.51. The van der Waals surface area contributed by atoms with Crippen molar-refractivity contribution in [2.24, 2.45) is 12.0 Å². The van der Waals surface area contributed by atoms with Gasteiger partial charge < -0.3 is 18.8 Å². The fraction of sp³-hybridized carbons (Fsp3) is 0.174. The highest BCUT2D eigenvalue weighted by molar-refractivity contribution is 7.07. The molecule has 0 aliphatic heterocycles. The Morgan fingerprint density at radius 3 is 2.35 bits per heavy atom. The van der Waals surface area contributed by atoms with Crippen LogP contribution in [0.2, 0.25) is 0 Å². The molecule has 0 bridgehead atoms. The van der Waals surface area contributed by atoms with Gasteiger partial charge in [0.05, 0.1) is 38.1 Å². The van der Waals surface area contributed by atoms with Crippen LogP contribution in [0.5, 0.6) is 17.2 Å². The lowest BCUT2D eigenvalue weighted by Gasteiger charge is -2.14. The van der Waals surface area contributed by atoms with Crippen LogP contribution < -0.4 is 19.0 Å². The molecular weight excluding hydrogens is 414 g/mol. The van der Waals surface area contributed by atoms with Crippen molar-refractivity contribution in [2.45, 2.75) is 0 Å². The Morgan fingerprint density at radius 2 is 1.74 bits per heavy atom. The lowest BCUT2D eigenvalue weighted by atomic mass is 10.0. The quantitative estimate of drug-likeness (QED) is 0.472. The first-order chi connectivity index (χ1) is 15.0. The molecule has 0 atom stereocenters. The van der Waals surface area contributed by atoms with E-state index >= 15 is 0 Å². The Balaban J connectivity index is 1.93. The Kier molecular flexibility index (Phi) is 5.73. The van der Waals surface area contributed by atoms with Crippen molar-refractivity contribution >= 4 is 28.1 Å². The summed E-state index contributed by atoms with van der Waals surface area (Å²) in [6, 6.07) is 12.9. The van der Waals surface area contributed by atoms with Crippen LogP contribution in [-0.2, 0) is 7.05 Å². The Hall–Kier alpha value is -3.65. The predicted molar refractivity (Wildman–Crippen MR) is 120 cm³/mol. The normalized spacial score (nSPS) is 11.5. The number of aromatic nitrogens is 2. The molecule has 0 N–H and O–H groups in total. The number of aryl methyl sites for hydroxylation is 1. The fourth-order valence-corrected chi connectivity index (χ4v) is 4.04. The van der Waals surface area contributed by atoms with Crippen LogP contribution in [0.15, 0.2) is 59.0 Å². The summed E-state index contributed by atoms with van der Waals surface area (Å²) in [7, 11) is 6.53. The van der Waals surface area contributed by atoms with E-state index in [1.807, 2.05) is 59.6 Å². The van der Waals surface area contributed by atoms with Crippen molar-refractivity contribution in [2.75, 3.05) is 21.3 Å². The number of benzene rings is 2. The largest absolute Gasteiger partial charge is 0.493 e. The summed E-state index contributed by atoms with van der Waals surface area (Å²) >= 11 is 1.41. The van der Waals surface area contributed by atoms with Gasteiger partial charge in [-0.05, 0) is 24.3 Å². The molecule has 0 saturated heterocycles. The zero-order chi connectivity index (χ0) is 22.0. The summed E-state index contributed by atoms with van der Waals surface area (Å²) < 4.78 is 18.2. The standard InChI is InChI=1S/C23H21N3O4S/c1-26-9-10-31-23(26)25-22(27)16-13-18(24-17-8-6-5-7-15(16)17)14-11-19(28-2)21(30-4)20(12-14)29-3/h5-13H,1-4H3. The van der Waals surface area contributed by atoms with E-state index in [-0.39, 0.29) is 5.91 Å². The van der Waals surface area contributed by atoms with E-state index in [0.29, 0.717) is 38.8 Å². The second-order valence-corrected chi connectivity index (χ2v) is 7.57. The molecule has 2 heterocycles. The highest BCUT2D eigenvalue weighted by atomic mass is 32.1. The van der Waals surface area contributed by atoms with Crippen LogP contribution in [0.1, 0.15) is 10.4 Å². The van der Waals surface area contributed by atoms with Crippen molar-refractivity contribution in [1.82, 2.24) is 9.55 Å². The van der Waals surface area contributed by atoms with Crippen molar-refractivity contribution in [1.29, 1.82) is 0 Å². The van der Waals surface area contributed by atoms with Gasteiger partial charge in [0.15, 0.2) is 16.3 Å². The van der Waals surface area contributed by atoms with E-state index in [9.17, 15) is 4.79 Å². The minimum atomic E-state index is -0.328. The van der Waals surface area contributed by atoms with Crippen molar-refractivity contribution in [3.63, 3.8) is 0 Å². The molecule has 0 fully saturated rings. The first-order valence-electron chi connectivity index (χ1n) is 9.45. The molecule has 0 radical (unpaired) electrons. The molecule has 0 aliphatic carbocycles. The number of pyridine rings is 1. The molecule has 0 aliphatic rings. The molecule has 1 amide bonds. The van der Waals surface area contributed by atoms with Crippen LogP contribution in [0, 0.1) is 0 Å². The molecule has 0 saturated carbocycles. The van der Waals surface area contributed by atoms with Crippen LogP contribution >= 0.6 is 11.3 Å². The molecule has 2 aromatic carbocycles. The third-order valence-electron chi connectivity index (χ3n) is 4.86. The van der Waals surface area contributed by atoms with Crippen molar-refractivity contribution < 1.29 is 19.0 Å². The Morgan fingerprint density at radius 1 is 1.03 bits per heavy atom. The minimum Gasteiger partial charge on any atom is -0.493 e. The second-order valence-electron chi connectivity index (χ2n) is 6.70. The number of fused-ring (bicyclic) bond motifs is 1. The summed E-state index contributed by atoms with van der Waals surface area (Å²) in [5, 5.41) is 2.63. The minimum absolute atomic E-state index is 0.328. The van der Waals surface area contributed by atoms with Gasteiger partial charge in [-0.1, -0.05) is 18.2 Å². The molecule has 0 unspecified atom stereocenters. The highest BCUT2D eigenvalue weighted by Crippen LogP contribution is 2.41. The first-order valence-corrected chi connectivity index (χ1v) is 10.3. The number of ether oxygens (including phenoxy) is 3. The van der Waals surface area contributed by atoms with E-state index in [0.717, 1.165) is 10.9 Å². The monoisotopic (exact) mass is 435 g/mol. The van der Waals surface area contributed by atoms with E-state index in [1.165, 1.54) is 11.3 Å². The van der Waals surface area contributed by atoms with E-state index in [2.05, 4.69) is 4.99 Å². The zero-order valence-corrected chi connectivity index (χ0v) is 18.4. The van der Waals surface area contributed by atoms with Gasteiger partial charge in [-0.15, -0.1) is 11.3 Å². The smallest absolute Gasteiger partial charge is 0.280 e. The Bertz CT molecular complexity index is 1320. The average molecular weight is 436 g/mol. The van der Waals surface area contributed by atoms with Gasteiger partial charge in [0.1, 0.15) is 0 Å². The van der Waals surface area contributed by atoms with Gasteiger partial charge in [-0.2, -0.15) is 4.99 Å². The van der Waals surface area contributed by atoms with Crippen molar-refractivity contribution in [3.8, 4) is 28.5 Å². The molecule has 8 heteroatoms. The summed E-state index contributed by atoms with van der Waals surface area (Å²) in [4.78, 5) is 22.8. The molecule has 2 aromatic heterocycles. The molecular formula is C23H21N3O4S. The molecule has 7 nitrogen and oxygen atoms in total. The van der Waals surface area contributed by atoms with Crippen LogP contribution in [0.25, 0.3) is 22.2 Å². The number of para-hydroxylation sites is 1. The highest BCUT2D eigenvalue weighted by Gasteiger charge is 2.18.